The average molecular weight is 382 g/mol. The van der Waals surface area contributed by atoms with Crippen molar-refractivity contribution in [2.45, 2.75) is 13.8 Å². The average Bonchev–Trinajstić information content (AvgIpc) is 3.37. The summed E-state index contributed by atoms with van der Waals surface area (Å²) in [6.45, 7) is 4.34. The fourth-order valence-corrected chi connectivity index (χ4v) is 4.49. The molecule has 0 aliphatic heterocycles. The minimum Gasteiger partial charge on any atom is -0.299 e. The summed E-state index contributed by atoms with van der Waals surface area (Å²) in [7, 11) is 0. The van der Waals surface area contributed by atoms with Crippen LogP contribution in [0.3, 0.4) is 0 Å². The van der Waals surface area contributed by atoms with E-state index < -0.39 is 0 Å². The number of fused-ring (bicyclic) bond motifs is 1. The van der Waals surface area contributed by atoms with Crippen molar-refractivity contribution in [3.8, 4) is 28.2 Å². The van der Waals surface area contributed by atoms with Crippen molar-refractivity contribution in [1.29, 1.82) is 0 Å². The largest absolute Gasteiger partial charge is 0.299 e. The number of aromatic nitrogens is 3. The molecule has 0 saturated heterocycles. The Morgan fingerprint density at radius 2 is 1.57 bits per heavy atom. The van der Waals surface area contributed by atoms with Crippen molar-refractivity contribution in [3.05, 3.63) is 89.7 Å². The molecule has 28 heavy (non-hydrogen) atoms. The van der Waals surface area contributed by atoms with Crippen LogP contribution in [0.5, 0.6) is 0 Å². The van der Waals surface area contributed by atoms with Gasteiger partial charge in [0.15, 0.2) is 0 Å². The Kier molecular flexibility index (Phi) is 4.06. The first-order valence-corrected chi connectivity index (χ1v) is 10.1. The van der Waals surface area contributed by atoms with E-state index in [1.807, 2.05) is 17.9 Å². The number of thiazole rings is 1. The topological polar surface area (TPSA) is 30.7 Å². The zero-order valence-electron chi connectivity index (χ0n) is 15.8. The van der Waals surface area contributed by atoms with E-state index in [0.29, 0.717) is 0 Å². The molecule has 0 amide bonds. The number of nitrogens with zero attached hydrogens (tertiary/aromatic N) is 3. The first kappa shape index (κ1) is 16.9. The number of hydrogen-bond donors (Lipinski definition) is 0. The zero-order valence-corrected chi connectivity index (χ0v) is 16.6. The van der Waals surface area contributed by atoms with Crippen LogP contribution in [0.15, 0.2) is 78.6 Å². The Morgan fingerprint density at radius 3 is 2.36 bits per heavy atom. The maximum Gasteiger partial charge on any atom is 0.144 e. The molecule has 0 saturated carbocycles. The summed E-state index contributed by atoms with van der Waals surface area (Å²) in [5.41, 5.74) is 10.1. The second-order valence-corrected chi connectivity index (χ2v) is 7.87. The van der Waals surface area contributed by atoms with Crippen LogP contribution in [0, 0.1) is 13.8 Å². The molecule has 5 aromatic rings. The SMILES string of the molecule is Cc1cc(-c2ccccc2)cc(C)c1-n1ccnc1-c1ccc2scnc2c1. The molecule has 3 nitrogen and oxygen atoms in total. The smallest absolute Gasteiger partial charge is 0.144 e. The van der Waals surface area contributed by atoms with Crippen LogP contribution in [0.25, 0.3) is 38.4 Å². The van der Waals surface area contributed by atoms with Crippen LogP contribution < -0.4 is 0 Å². The molecule has 4 heteroatoms. The molecule has 3 aromatic carbocycles. The van der Waals surface area contributed by atoms with Crippen LogP contribution >= 0.6 is 11.3 Å². The third kappa shape index (κ3) is 2.83. The van der Waals surface area contributed by atoms with Crippen LogP contribution in [0.4, 0.5) is 0 Å². The van der Waals surface area contributed by atoms with Gasteiger partial charge in [-0.25, -0.2) is 9.97 Å². The summed E-state index contributed by atoms with van der Waals surface area (Å²) >= 11 is 1.66. The zero-order chi connectivity index (χ0) is 19.1. The predicted molar refractivity (Wildman–Crippen MR) is 117 cm³/mol. The highest BCUT2D eigenvalue weighted by Gasteiger charge is 2.14. The predicted octanol–water partition coefficient (Wildman–Crippen LogP) is 6.43. The fraction of sp³-hybridized carbons (Fsp3) is 0.0833. The van der Waals surface area contributed by atoms with Gasteiger partial charge in [-0.2, -0.15) is 0 Å². The first-order valence-electron chi connectivity index (χ1n) is 9.25. The van der Waals surface area contributed by atoms with Crippen molar-refractivity contribution in [2.75, 3.05) is 0 Å². The molecule has 136 valence electrons. The Balaban J connectivity index is 1.64. The molecule has 0 unspecified atom stereocenters. The molecule has 0 bridgehead atoms. The fourth-order valence-electron chi connectivity index (χ4n) is 3.83. The molecular weight excluding hydrogens is 362 g/mol. The van der Waals surface area contributed by atoms with Gasteiger partial charge in [0.1, 0.15) is 5.82 Å². The van der Waals surface area contributed by atoms with Gasteiger partial charge in [-0.05, 0) is 66.4 Å². The van der Waals surface area contributed by atoms with Crippen LogP contribution in [0.1, 0.15) is 11.1 Å². The molecule has 0 radical (unpaired) electrons. The molecule has 5 rings (SSSR count). The van der Waals surface area contributed by atoms with Gasteiger partial charge in [-0.1, -0.05) is 30.3 Å². The molecule has 0 atom stereocenters. The Morgan fingerprint density at radius 1 is 0.786 bits per heavy atom. The van der Waals surface area contributed by atoms with E-state index in [9.17, 15) is 0 Å². The van der Waals surface area contributed by atoms with Gasteiger partial charge in [0.05, 0.1) is 21.4 Å². The summed E-state index contributed by atoms with van der Waals surface area (Å²) in [6.07, 6.45) is 3.91. The van der Waals surface area contributed by atoms with E-state index in [-0.39, 0.29) is 0 Å². The normalized spacial score (nSPS) is 11.2. The summed E-state index contributed by atoms with van der Waals surface area (Å²) in [4.78, 5) is 9.11. The van der Waals surface area contributed by atoms with Crippen LogP contribution in [0.2, 0.25) is 0 Å². The summed E-state index contributed by atoms with van der Waals surface area (Å²) in [6, 6.07) is 21.4. The second-order valence-electron chi connectivity index (χ2n) is 6.98. The van der Waals surface area contributed by atoms with E-state index in [4.69, 9.17) is 0 Å². The maximum atomic E-state index is 4.66. The van der Waals surface area contributed by atoms with Crippen molar-refractivity contribution < 1.29 is 0 Å². The minimum atomic E-state index is 0.938. The van der Waals surface area contributed by atoms with Crippen molar-refractivity contribution >= 4 is 21.6 Å². The molecule has 0 spiro atoms. The quantitative estimate of drug-likeness (QED) is 0.360. The number of hydrogen-bond acceptors (Lipinski definition) is 3. The van der Waals surface area contributed by atoms with Gasteiger partial charge in [-0.15, -0.1) is 11.3 Å². The lowest BCUT2D eigenvalue weighted by Gasteiger charge is -2.16. The summed E-state index contributed by atoms with van der Waals surface area (Å²) in [5, 5.41) is 0. The lowest BCUT2D eigenvalue weighted by molar-refractivity contribution is 1.03. The van der Waals surface area contributed by atoms with E-state index in [0.717, 1.165) is 16.9 Å². The van der Waals surface area contributed by atoms with E-state index >= 15 is 0 Å². The Labute approximate surface area is 168 Å². The third-order valence-corrected chi connectivity index (χ3v) is 5.88. The summed E-state index contributed by atoms with van der Waals surface area (Å²) < 4.78 is 3.38. The number of aryl methyl sites for hydroxylation is 2. The van der Waals surface area contributed by atoms with Crippen LogP contribution in [-0.4, -0.2) is 14.5 Å². The van der Waals surface area contributed by atoms with Gasteiger partial charge in [0, 0.05) is 18.0 Å². The maximum absolute atomic E-state index is 4.66. The number of benzene rings is 3. The molecule has 2 aromatic heterocycles. The Hall–Kier alpha value is -3.24. The van der Waals surface area contributed by atoms with Crippen molar-refractivity contribution in [2.24, 2.45) is 0 Å². The Bertz CT molecular complexity index is 1260. The standard InChI is InChI=1S/C24H19N3S/c1-16-12-20(18-6-4-3-5-7-18)13-17(2)23(16)27-11-10-25-24(27)19-8-9-22-21(14-19)26-15-28-22/h3-15H,1-2H3. The summed E-state index contributed by atoms with van der Waals surface area (Å²) in [5.74, 6) is 0.938. The van der Waals surface area contributed by atoms with E-state index in [2.05, 4.69) is 89.0 Å². The molecule has 0 fully saturated rings. The molecule has 0 aliphatic rings. The first-order chi connectivity index (χ1) is 13.7. The second kappa shape index (κ2) is 6.73. The monoisotopic (exact) mass is 381 g/mol. The lowest BCUT2D eigenvalue weighted by atomic mass is 9.98. The third-order valence-electron chi connectivity index (χ3n) is 5.07. The van der Waals surface area contributed by atoms with Gasteiger partial charge >= 0.3 is 0 Å². The van der Waals surface area contributed by atoms with Gasteiger partial charge in [0.25, 0.3) is 0 Å². The van der Waals surface area contributed by atoms with Gasteiger partial charge in [-0.3, -0.25) is 4.57 Å². The molecule has 2 heterocycles. The van der Waals surface area contributed by atoms with Gasteiger partial charge in [0.2, 0.25) is 0 Å². The lowest BCUT2D eigenvalue weighted by Crippen LogP contribution is -2.02. The molecule has 0 N–H and O–H groups in total. The van der Waals surface area contributed by atoms with Crippen molar-refractivity contribution in [1.82, 2.24) is 14.5 Å². The molecule has 0 aliphatic carbocycles. The minimum absolute atomic E-state index is 0.938. The highest BCUT2D eigenvalue weighted by molar-refractivity contribution is 7.16. The van der Waals surface area contributed by atoms with Gasteiger partial charge < -0.3 is 0 Å². The number of rotatable bonds is 3. The van der Waals surface area contributed by atoms with E-state index in [1.165, 1.54) is 32.6 Å². The highest BCUT2D eigenvalue weighted by Crippen LogP contribution is 2.31. The van der Waals surface area contributed by atoms with Crippen LogP contribution in [-0.2, 0) is 0 Å². The van der Waals surface area contributed by atoms with E-state index in [1.54, 1.807) is 11.3 Å². The highest BCUT2D eigenvalue weighted by atomic mass is 32.1. The molecular formula is C24H19N3S. The number of imidazole rings is 1. The van der Waals surface area contributed by atoms with Crippen molar-refractivity contribution in [3.63, 3.8) is 0 Å².